The smallest absolute Gasteiger partial charge is 0.380 e. The fourth-order valence-electron chi connectivity index (χ4n) is 4.48. The molecule has 0 spiro atoms. The van der Waals surface area contributed by atoms with Crippen LogP contribution in [0.5, 0.6) is 0 Å². The van der Waals surface area contributed by atoms with E-state index in [4.69, 9.17) is 36.9 Å². The number of amides is 1. The number of rotatable bonds is 17. The zero-order valence-corrected chi connectivity index (χ0v) is 27.9. The van der Waals surface area contributed by atoms with Gasteiger partial charge < -0.3 is 14.5 Å². The first kappa shape index (κ1) is 41.1. The lowest BCUT2D eigenvalue weighted by Gasteiger charge is -2.24. The summed E-state index contributed by atoms with van der Waals surface area (Å²) in [6.45, 7) is 9.01. The van der Waals surface area contributed by atoms with Crippen molar-refractivity contribution in [2.45, 2.75) is 136 Å². The van der Waals surface area contributed by atoms with Crippen molar-refractivity contribution in [1.29, 1.82) is 0 Å². The average Bonchev–Trinajstić information content (AvgIpc) is 3.41. The predicted molar refractivity (Wildman–Crippen MR) is 172 cm³/mol. The molecule has 2 rings (SSSR count). The largest absolute Gasteiger partial charge is 0.483 e. The highest BCUT2D eigenvalue weighted by atomic mass is 35.9. The Labute approximate surface area is 254 Å². The van der Waals surface area contributed by atoms with Gasteiger partial charge in [-0.15, -0.1) is 0 Å². The molecule has 1 aromatic rings. The number of carboxylic acid groups (broad SMARTS) is 1. The number of hydrogen-bond acceptors (Lipinski definition) is 4. The fraction of sp³-hybridized carbons (Fsp3) is 0.742. The molecule has 0 saturated carbocycles. The van der Waals surface area contributed by atoms with E-state index in [0.717, 1.165) is 32.2 Å². The Morgan fingerprint density at radius 2 is 1.40 bits per heavy atom. The Hall–Kier alpha value is -1.07. The first-order chi connectivity index (χ1) is 19.2. The molecule has 1 fully saturated rings. The minimum Gasteiger partial charge on any atom is -0.483 e. The normalized spacial score (nSPS) is 14.2. The predicted octanol–water partition coefficient (Wildman–Crippen LogP) is 10.8. The minimum atomic E-state index is -3.52. The molecule has 6 nitrogen and oxygen atoms in total. The molecule has 1 atom stereocenters. The summed E-state index contributed by atoms with van der Waals surface area (Å²) in [7, 11) is 0. The van der Waals surface area contributed by atoms with Crippen molar-refractivity contribution in [2.24, 2.45) is 0 Å². The number of carbonyl (C=O) groups is 2. The van der Waals surface area contributed by atoms with Gasteiger partial charge in [0.15, 0.2) is 0 Å². The molecule has 0 radical (unpaired) electrons. The second kappa shape index (κ2) is 29.4. The van der Waals surface area contributed by atoms with E-state index >= 15 is 0 Å². The monoisotopic (exact) mass is 623 g/mol. The van der Waals surface area contributed by atoms with Crippen molar-refractivity contribution in [2.75, 3.05) is 13.2 Å². The highest BCUT2D eigenvalue weighted by Gasteiger charge is 2.30. The lowest BCUT2D eigenvalue weighted by Crippen LogP contribution is -2.37. The van der Waals surface area contributed by atoms with Gasteiger partial charge in [-0.3, -0.25) is 14.2 Å². The Morgan fingerprint density at radius 1 is 0.950 bits per heavy atom. The first-order valence-corrected chi connectivity index (χ1v) is 18.7. The van der Waals surface area contributed by atoms with Gasteiger partial charge in [-0.25, -0.2) is 0 Å². The Bertz CT molecular complexity index is 749. The van der Waals surface area contributed by atoms with Crippen LogP contribution < -0.4 is 0 Å². The molecule has 1 saturated heterocycles. The molecule has 40 heavy (non-hydrogen) atoms. The van der Waals surface area contributed by atoms with Crippen LogP contribution >= 0.6 is 28.6 Å². The van der Waals surface area contributed by atoms with E-state index in [1.807, 2.05) is 36.9 Å². The van der Waals surface area contributed by atoms with Gasteiger partial charge in [0.1, 0.15) is 0 Å². The summed E-state index contributed by atoms with van der Waals surface area (Å²) >= 11 is 10.9. The van der Waals surface area contributed by atoms with E-state index in [9.17, 15) is 9.36 Å². The van der Waals surface area contributed by atoms with Gasteiger partial charge in [0, 0.05) is 13.0 Å². The van der Waals surface area contributed by atoms with Crippen LogP contribution in [0.3, 0.4) is 0 Å². The first-order valence-electron chi connectivity index (χ1n) is 15.3. The molecule has 1 heterocycles. The van der Waals surface area contributed by atoms with Gasteiger partial charge in [0.05, 0.1) is 12.6 Å². The van der Waals surface area contributed by atoms with Crippen LogP contribution in [0, 0.1) is 6.92 Å². The summed E-state index contributed by atoms with van der Waals surface area (Å²) in [4.78, 5) is 22.6. The third-order valence-corrected chi connectivity index (χ3v) is 7.58. The minimum absolute atomic E-state index is 0.0414. The van der Waals surface area contributed by atoms with Crippen LogP contribution in [0.4, 0.5) is 0 Å². The molecule has 234 valence electrons. The Balaban J connectivity index is 0. The van der Waals surface area contributed by atoms with E-state index in [-0.39, 0.29) is 25.0 Å². The highest BCUT2D eigenvalue weighted by Crippen LogP contribution is 2.57. The quantitative estimate of drug-likeness (QED) is 0.106. The fourth-order valence-corrected chi connectivity index (χ4v) is 5.17. The second-order valence-electron chi connectivity index (χ2n) is 9.85. The van der Waals surface area contributed by atoms with Crippen LogP contribution in [0.2, 0.25) is 0 Å². The van der Waals surface area contributed by atoms with E-state index < -0.39 is 6.07 Å². The number of nitrogens with zero attached hydrogens (tertiary/aromatic N) is 1. The van der Waals surface area contributed by atoms with E-state index in [2.05, 4.69) is 26.0 Å². The molecule has 0 aliphatic carbocycles. The van der Waals surface area contributed by atoms with E-state index in [1.54, 1.807) is 0 Å². The third-order valence-electron chi connectivity index (χ3n) is 6.55. The number of likely N-dealkylation sites (tertiary alicyclic amines) is 1. The van der Waals surface area contributed by atoms with Crippen LogP contribution in [0.15, 0.2) is 30.3 Å². The van der Waals surface area contributed by atoms with Gasteiger partial charge in [-0.1, -0.05) is 134 Å². The molecule has 1 unspecified atom stereocenters. The van der Waals surface area contributed by atoms with Gasteiger partial charge in [0.25, 0.3) is 6.47 Å². The van der Waals surface area contributed by atoms with Gasteiger partial charge in [-0.05, 0) is 48.7 Å². The summed E-state index contributed by atoms with van der Waals surface area (Å²) in [5.74, 6) is 0.174. The molecule has 0 aromatic heterocycles. The number of hydrogen-bond donors (Lipinski definition) is 1. The number of halogens is 2. The summed E-state index contributed by atoms with van der Waals surface area (Å²) in [6.07, 6.45) is 15.8. The molecule has 1 aliphatic rings. The summed E-state index contributed by atoms with van der Waals surface area (Å²) < 4.78 is 16.3. The number of carbonyl (C=O) groups excluding carboxylic acids is 1. The molecular formula is C31H56Cl2NO5P. The lowest BCUT2D eigenvalue weighted by molar-refractivity contribution is -0.132. The summed E-state index contributed by atoms with van der Waals surface area (Å²) in [6, 6.07) is 10.2. The Kier molecular flexibility index (Phi) is 30.2. The number of benzene rings is 1. The third kappa shape index (κ3) is 27.1. The molecular weight excluding hydrogens is 568 g/mol. The van der Waals surface area contributed by atoms with Crippen molar-refractivity contribution >= 4 is 40.9 Å². The molecule has 1 aromatic carbocycles. The van der Waals surface area contributed by atoms with Gasteiger partial charge in [0.2, 0.25) is 5.91 Å². The van der Waals surface area contributed by atoms with E-state index in [1.165, 1.54) is 76.2 Å². The van der Waals surface area contributed by atoms with Crippen molar-refractivity contribution < 1.29 is 23.8 Å². The molecule has 1 N–H and O–H groups in total. The van der Waals surface area contributed by atoms with Crippen LogP contribution in [-0.2, 0) is 18.7 Å². The van der Waals surface area contributed by atoms with Crippen LogP contribution in [0.1, 0.15) is 129 Å². The maximum Gasteiger partial charge on any atom is 0.380 e. The molecule has 0 bridgehead atoms. The standard InChI is InChI=1S/C21H40Cl2NO3P.C7H8.C2H6.CH2O2/c1-2-3-4-5-6-7-8-9-10-11-12-13-14-17-21(25)24-18-15-16-20(24)19-27-28(22,23)26;1-7-5-3-2-4-6-7;1-2;2-1-3/h20H,2-19H2,1H3;2-6H,1H3;1-2H3;1H,(H,2,3). The van der Waals surface area contributed by atoms with Crippen molar-refractivity contribution in [3.05, 3.63) is 35.9 Å². The van der Waals surface area contributed by atoms with Crippen LogP contribution in [0.25, 0.3) is 0 Å². The molecule has 1 amide bonds. The zero-order valence-electron chi connectivity index (χ0n) is 25.5. The average molecular weight is 625 g/mol. The number of unbranched alkanes of at least 4 members (excludes halogenated alkanes) is 12. The number of aryl methyl sites for hydroxylation is 1. The van der Waals surface area contributed by atoms with Gasteiger partial charge >= 0.3 is 6.07 Å². The van der Waals surface area contributed by atoms with E-state index in [0.29, 0.717) is 6.42 Å². The maximum absolute atomic E-state index is 12.4. The topological polar surface area (TPSA) is 83.9 Å². The van der Waals surface area contributed by atoms with Crippen molar-refractivity contribution in [3.63, 3.8) is 0 Å². The maximum atomic E-state index is 12.4. The highest BCUT2D eigenvalue weighted by molar-refractivity contribution is 8.05. The van der Waals surface area contributed by atoms with Crippen LogP contribution in [-0.4, -0.2) is 41.6 Å². The lowest BCUT2D eigenvalue weighted by atomic mass is 10.0. The Morgan fingerprint density at radius 3 is 1.80 bits per heavy atom. The zero-order chi connectivity index (χ0) is 30.5. The SMILES string of the molecule is CC.CCCCCCCCCCCCCCCC(=O)N1CCCC1COP(=O)(Cl)Cl.Cc1ccccc1.O=CO. The summed E-state index contributed by atoms with van der Waals surface area (Å²) in [5, 5.41) is 6.89. The second-order valence-corrected chi connectivity index (χ2v) is 14.1. The molecule has 1 aliphatic heterocycles. The van der Waals surface area contributed by atoms with Gasteiger partial charge in [-0.2, -0.15) is 0 Å². The van der Waals surface area contributed by atoms with Crippen molar-refractivity contribution in [3.8, 4) is 0 Å². The summed E-state index contributed by atoms with van der Waals surface area (Å²) in [5.41, 5.74) is 1.32. The molecule has 9 heteroatoms. The van der Waals surface area contributed by atoms with Crippen molar-refractivity contribution in [1.82, 2.24) is 4.90 Å².